The Morgan fingerprint density at radius 1 is 0.897 bits per heavy atom. The highest BCUT2D eigenvalue weighted by molar-refractivity contribution is 7.89. The molecule has 208 valence electrons. The van der Waals surface area contributed by atoms with Crippen LogP contribution in [0.15, 0.2) is 70.7 Å². The lowest BCUT2D eigenvalue weighted by Crippen LogP contribution is -2.43. The summed E-state index contributed by atoms with van der Waals surface area (Å²) < 4.78 is 51.1. The van der Waals surface area contributed by atoms with E-state index in [0.29, 0.717) is 22.8 Å². The number of hydrazone groups is 1. The van der Waals surface area contributed by atoms with Crippen molar-refractivity contribution in [2.24, 2.45) is 5.10 Å². The van der Waals surface area contributed by atoms with Crippen LogP contribution in [0, 0.1) is 20.8 Å². The standard InChI is InChI=1S/C29H34N2O7S/c1-20-13-15-25(16-14-20)39(33,34)31(30-17-26-27(35-5)11-8-12-28(26)36-6)24(18-37-23(4)32)19-38-29-21(2)9-7-10-22(29)3/h7-17,24H,18-19H2,1-6H3/b30-17+. The third kappa shape index (κ3) is 7.29. The monoisotopic (exact) mass is 554 g/mol. The van der Waals surface area contributed by atoms with Crippen molar-refractivity contribution in [3.05, 3.63) is 82.9 Å². The number of hydrogen-bond acceptors (Lipinski definition) is 8. The predicted octanol–water partition coefficient (Wildman–Crippen LogP) is 4.66. The normalized spacial score (nSPS) is 12.2. The Morgan fingerprint density at radius 3 is 2.00 bits per heavy atom. The lowest BCUT2D eigenvalue weighted by Gasteiger charge is -2.28. The molecular weight excluding hydrogens is 520 g/mol. The number of ether oxygens (including phenoxy) is 4. The molecule has 39 heavy (non-hydrogen) atoms. The molecule has 0 aromatic heterocycles. The number of carbonyl (C=O) groups is 1. The fraction of sp³-hybridized carbons (Fsp3) is 0.310. The number of methoxy groups -OCH3 is 2. The van der Waals surface area contributed by atoms with E-state index in [1.54, 1.807) is 30.3 Å². The molecule has 0 bridgehead atoms. The topological polar surface area (TPSA) is 104 Å². The van der Waals surface area contributed by atoms with Gasteiger partial charge in [0.2, 0.25) is 0 Å². The molecule has 0 fully saturated rings. The van der Waals surface area contributed by atoms with Gasteiger partial charge in [0.05, 0.1) is 30.9 Å². The minimum atomic E-state index is -4.22. The third-order valence-electron chi connectivity index (χ3n) is 5.95. The number of esters is 1. The number of benzene rings is 3. The van der Waals surface area contributed by atoms with Crippen LogP contribution in [0.1, 0.15) is 29.2 Å². The molecular formula is C29H34N2O7S. The quantitative estimate of drug-likeness (QED) is 0.182. The lowest BCUT2D eigenvalue weighted by molar-refractivity contribution is -0.142. The molecule has 0 spiro atoms. The number of carbonyl (C=O) groups excluding carboxylic acids is 1. The summed E-state index contributed by atoms with van der Waals surface area (Å²) in [6, 6.07) is 16.3. The van der Waals surface area contributed by atoms with E-state index < -0.39 is 22.0 Å². The van der Waals surface area contributed by atoms with Crippen molar-refractivity contribution in [2.75, 3.05) is 27.4 Å². The van der Waals surface area contributed by atoms with Gasteiger partial charge < -0.3 is 18.9 Å². The average Bonchev–Trinajstić information content (AvgIpc) is 2.90. The van der Waals surface area contributed by atoms with Gasteiger partial charge in [-0.25, -0.2) is 0 Å². The Morgan fingerprint density at radius 2 is 1.46 bits per heavy atom. The van der Waals surface area contributed by atoms with Gasteiger partial charge in [0.1, 0.15) is 36.5 Å². The lowest BCUT2D eigenvalue weighted by atomic mass is 10.1. The van der Waals surface area contributed by atoms with Crippen LogP contribution < -0.4 is 14.2 Å². The van der Waals surface area contributed by atoms with Gasteiger partial charge in [-0.3, -0.25) is 4.79 Å². The van der Waals surface area contributed by atoms with Crippen molar-refractivity contribution in [3.63, 3.8) is 0 Å². The second kappa shape index (κ2) is 13.1. The maximum atomic E-state index is 14.0. The highest BCUT2D eigenvalue weighted by Crippen LogP contribution is 2.28. The van der Waals surface area contributed by atoms with E-state index in [2.05, 4.69) is 5.10 Å². The highest BCUT2D eigenvalue weighted by atomic mass is 32.2. The zero-order valence-corrected chi connectivity index (χ0v) is 23.8. The van der Waals surface area contributed by atoms with Crippen LogP contribution in [-0.2, 0) is 19.6 Å². The molecule has 3 aromatic rings. The average molecular weight is 555 g/mol. The van der Waals surface area contributed by atoms with Crippen molar-refractivity contribution >= 4 is 22.2 Å². The molecule has 10 heteroatoms. The molecule has 0 saturated heterocycles. The third-order valence-corrected chi connectivity index (χ3v) is 7.70. The van der Waals surface area contributed by atoms with Gasteiger partial charge in [0.25, 0.3) is 10.0 Å². The molecule has 0 heterocycles. The SMILES string of the molecule is COc1cccc(OC)c1/C=N/N(C(COC(C)=O)COc1c(C)cccc1C)S(=O)(=O)c1ccc(C)cc1. The van der Waals surface area contributed by atoms with E-state index in [1.807, 2.05) is 39.0 Å². The van der Waals surface area contributed by atoms with E-state index >= 15 is 0 Å². The molecule has 0 aliphatic carbocycles. The maximum absolute atomic E-state index is 14.0. The van der Waals surface area contributed by atoms with Crippen LogP contribution in [0.4, 0.5) is 0 Å². The van der Waals surface area contributed by atoms with Gasteiger partial charge in [0, 0.05) is 6.92 Å². The van der Waals surface area contributed by atoms with E-state index in [9.17, 15) is 13.2 Å². The fourth-order valence-corrected chi connectivity index (χ4v) is 5.27. The number of nitrogens with zero attached hydrogens (tertiary/aromatic N) is 2. The second-order valence-electron chi connectivity index (χ2n) is 8.90. The summed E-state index contributed by atoms with van der Waals surface area (Å²) in [4.78, 5) is 11.8. The molecule has 0 saturated carbocycles. The first-order chi connectivity index (χ1) is 18.6. The minimum Gasteiger partial charge on any atom is -0.496 e. The summed E-state index contributed by atoms with van der Waals surface area (Å²) in [5.74, 6) is 0.937. The molecule has 1 atom stereocenters. The van der Waals surface area contributed by atoms with Crippen LogP contribution in [0.2, 0.25) is 0 Å². The summed E-state index contributed by atoms with van der Waals surface area (Å²) in [5.41, 5.74) is 3.11. The first-order valence-electron chi connectivity index (χ1n) is 12.3. The summed E-state index contributed by atoms with van der Waals surface area (Å²) >= 11 is 0. The molecule has 3 rings (SSSR count). The maximum Gasteiger partial charge on any atom is 0.302 e. The Balaban J connectivity index is 2.12. The van der Waals surface area contributed by atoms with Gasteiger partial charge in [-0.05, 0) is 56.2 Å². The Labute approximate surface area is 230 Å². The van der Waals surface area contributed by atoms with Crippen molar-refractivity contribution in [1.82, 2.24) is 4.41 Å². The van der Waals surface area contributed by atoms with Crippen molar-refractivity contribution < 1.29 is 32.2 Å². The van der Waals surface area contributed by atoms with Crippen LogP contribution >= 0.6 is 0 Å². The summed E-state index contributed by atoms with van der Waals surface area (Å²) in [5, 5.41) is 4.41. The van der Waals surface area contributed by atoms with Crippen molar-refractivity contribution in [3.8, 4) is 17.2 Å². The van der Waals surface area contributed by atoms with Crippen LogP contribution in [0.5, 0.6) is 17.2 Å². The first-order valence-corrected chi connectivity index (χ1v) is 13.7. The molecule has 0 N–H and O–H groups in total. The van der Waals surface area contributed by atoms with E-state index in [-0.39, 0.29) is 18.1 Å². The largest absolute Gasteiger partial charge is 0.496 e. The number of rotatable bonds is 12. The Kier molecular flexibility index (Phi) is 9.95. The molecule has 0 radical (unpaired) electrons. The zero-order valence-electron chi connectivity index (χ0n) is 23.0. The fourth-order valence-electron chi connectivity index (χ4n) is 3.89. The number of hydrogen-bond donors (Lipinski definition) is 0. The minimum absolute atomic E-state index is 0.0251. The number of para-hydroxylation sites is 1. The molecule has 1 unspecified atom stereocenters. The number of aryl methyl sites for hydroxylation is 3. The van der Waals surface area contributed by atoms with Gasteiger partial charge in [0.15, 0.2) is 0 Å². The van der Waals surface area contributed by atoms with Crippen LogP contribution in [0.25, 0.3) is 0 Å². The first kappa shape index (κ1) is 29.5. The zero-order chi connectivity index (χ0) is 28.6. The summed E-state index contributed by atoms with van der Waals surface area (Å²) in [6.45, 7) is 6.50. The van der Waals surface area contributed by atoms with E-state index in [1.165, 1.54) is 39.5 Å². The number of sulfonamides is 1. The Hall–Kier alpha value is -4.05. The molecule has 0 aliphatic heterocycles. The summed E-state index contributed by atoms with van der Waals surface area (Å²) in [6.07, 6.45) is 1.35. The van der Waals surface area contributed by atoms with Gasteiger partial charge in [-0.15, -0.1) is 0 Å². The molecule has 9 nitrogen and oxygen atoms in total. The molecule has 0 aliphatic rings. The van der Waals surface area contributed by atoms with Gasteiger partial charge >= 0.3 is 5.97 Å². The van der Waals surface area contributed by atoms with Gasteiger partial charge in [-0.1, -0.05) is 42.0 Å². The highest BCUT2D eigenvalue weighted by Gasteiger charge is 2.32. The molecule has 3 aromatic carbocycles. The van der Waals surface area contributed by atoms with Crippen molar-refractivity contribution in [1.29, 1.82) is 0 Å². The van der Waals surface area contributed by atoms with E-state index in [4.69, 9.17) is 18.9 Å². The van der Waals surface area contributed by atoms with Crippen LogP contribution in [-0.4, -0.2) is 58.5 Å². The van der Waals surface area contributed by atoms with Crippen molar-refractivity contribution in [2.45, 2.75) is 38.6 Å². The smallest absolute Gasteiger partial charge is 0.302 e. The van der Waals surface area contributed by atoms with Gasteiger partial charge in [-0.2, -0.15) is 17.9 Å². The Bertz CT molecular complexity index is 1380. The molecule has 0 amide bonds. The predicted molar refractivity (Wildman–Crippen MR) is 149 cm³/mol. The van der Waals surface area contributed by atoms with E-state index in [0.717, 1.165) is 21.1 Å². The second-order valence-corrected chi connectivity index (χ2v) is 10.7. The van der Waals surface area contributed by atoms with Crippen LogP contribution in [0.3, 0.4) is 0 Å². The summed E-state index contributed by atoms with van der Waals surface area (Å²) in [7, 11) is -1.23.